The van der Waals surface area contributed by atoms with Gasteiger partial charge < -0.3 is 0 Å². The van der Waals surface area contributed by atoms with E-state index in [-0.39, 0.29) is 16.0 Å². The summed E-state index contributed by atoms with van der Waals surface area (Å²) in [5.74, 6) is 0. The van der Waals surface area contributed by atoms with Gasteiger partial charge in [0.05, 0.1) is 9.82 Å². The molecule has 1 aromatic rings. The Morgan fingerprint density at radius 2 is 1.89 bits per heavy atom. The third kappa shape index (κ3) is 4.00. The van der Waals surface area contributed by atoms with E-state index in [1.807, 2.05) is 20.8 Å². The Balaban J connectivity index is 3.13. The smallest absolute Gasteiger partial charge is 0.258 e. The SMILES string of the molecule is CN(CC(C)(C)C)S(=O)(=O)c1cccc([N+](=O)[O-])c1. The zero-order valence-corrected chi connectivity index (χ0v) is 12.3. The molecule has 6 nitrogen and oxygen atoms in total. The Bertz CT molecular complexity index is 576. The van der Waals surface area contributed by atoms with Gasteiger partial charge in [-0.3, -0.25) is 10.1 Å². The van der Waals surface area contributed by atoms with E-state index in [0.29, 0.717) is 6.54 Å². The van der Waals surface area contributed by atoms with Crippen molar-refractivity contribution in [3.63, 3.8) is 0 Å². The Labute approximate surface area is 113 Å². The topological polar surface area (TPSA) is 80.5 Å². The van der Waals surface area contributed by atoms with Crippen molar-refractivity contribution in [1.82, 2.24) is 4.31 Å². The third-order valence-corrected chi connectivity index (χ3v) is 4.23. The minimum atomic E-state index is -3.70. The first-order chi connectivity index (χ1) is 8.54. The van der Waals surface area contributed by atoms with Gasteiger partial charge in [-0.2, -0.15) is 0 Å². The van der Waals surface area contributed by atoms with E-state index in [2.05, 4.69) is 0 Å². The number of hydrogen-bond acceptors (Lipinski definition) is 4. The molecule has 0 aliphatic heterocycles. The molecular formula is C12H18N2O4S. The summed E-state index contributed by atoms with van der Waals surface area (Å²) in [4.78, 5) is 10.0. The van der Waals surface area contributed by atoms with Crippen molar-refractivity contribution in [1.29, 1.82) is 0 Å². The zero-order chi connectivity index (χ0) is 14.8. The highest BCUT2D eigenvalue weighted by Gasteiger charge is 2.26. The van der Waals surface area contributed by atoms with Crippen molar-refractivity contribution in [3.05, 3.63) is 34.4 Å². The summed E-state index contributed by atoms with van der Waals surface area (Å²) in [6.45, 7) is 6.10. The quantitative estimate of drug-likeness (QED) is 0.628. The summed E-state index contributed by atoms with van der Waals surface area (Å²) in [7, 11) is -2.23. The lowest BCUT2D eigenvalue weighted by molar-refractivity contribution is -0.385. The van der Waals surface area contributed by atoms with E-state index in [0.717, 1.165) is 6.07 Å². The number of sulfonamides is 1. The molecule has 0 saturated heterocycles. The van der Waals surface area contributed by atoms with Crippen LogP contribution in [0.2, 0.25) is 0 Å². The normalized spacial score (nSPS) is 12.7. The van der Waals surface area contributed by atoms with Crippen molar-refractivity contribution in [2.75, 3.05) is 13.6 Å². The van der Waals surface area contributed by atoms with Crippen LogP contribution in [0.15, 0.2) is 29.2 Å². The molecule has 0 atom stereocenters. The fraction of sp³-hybridized carbons (Fsp3) is 0.500. The van der Waals surface area contributed by atoms with Crippen LogP contribution in [0.4, 0.5) is 5.69 Å². The van der Waals surface area contributed by atoms with Crippen LogP contribution < -0.4 is 0 Å². The molecule has 1 aromatic carbocycles. The van der Waals surface area contributed by atoms with Crippen molar-refractivity contribution < 1.29 is 13.3 Å². The van der Waals surface area contributed by atoms with Crippen LogP contribution in [0, 0.1) is 15.5 Å². The second-order valence-electron chi connectivity index (χ2n) is 5.58. The average Bonchev–Trinajstić information content (AvgIpc) is 2.26. The molecule has 0 bridgehead atoms. The fourth-order valence-corrected chi connectivity index (χ4v) is 3.13. The summed E-state index contributed by atoms with van der Waals surface area (Å²) in [6, 6.07) is 5.08. The number of nitro benzene ring substituents is 1. The maximum atomic E-state index is 12.3. The number of benzene rings is 1. The first kappa shape index (κ1) is 15.6. The molecule has 7 heteroatoms. The maximum Gasteiger partial charge on any atom is 0.270 e. The van der Waals surface area contributed by atoms with Gasteiger partial charge in [0.1, 0.15) is 0 Å². The minimum Gasteiger partial charge on any atom is -0.258 e. The molecule has 0 N–H and O–H groups in total. The molecule has 106 valence electrons. The Morgan fingerprint density at radius 3 is 2.37 bits per heavy atom. The van der Waals surface area contributed by atoms with Gasteiger partial charge in [-0.25, -0.2) is 12.7 Å². The molecule has 0 saturated carbocycles. The first-order valence-electron chi connectivity index (χ1n) is 5.75. The number of rotatable bonds is 4. The van der Waals surface area contributed by atoms with E-state index >= 15 is 0 Å². The summed E-state index contributed by atoms with van der Waals surface area (Å²) in [5, 5.41) is 10.7. The van der Waals surface area contributed by atoms with E-state index in [4.69, 9.17) is 0 Å². The van der Waals surface area contributed by atoms with E-state index in [9.17, 15) is 18.5 Å². The van der Waals surface area contributed by atoms with Crippen LogP contribution in [0.3, 0.4) is 0 Å². The molecule has 0 unspecified atom stereocenters. The van der Waals surface area contributed by atoms with Crippen molar-refractivity contribution in [2.24, 2.45) is 5.41 Å². The van der Waals surface area contributed by atoms with E-state index in [1.54, 1.807) is 0 Å². The van der Waals surface area contributed by atoms with Crippen molar-refractivity contribution in [2.45, 2.75) is 25.7 Å². The lowest BCUT2D eigenvalue weighted by Crippen LogP contribution is -2.34. The zero-order valence-electron chi connectivity index (χ0n) is 11.5. The van der Waals surface area contributed by atoms with Crippen LogP contribution in [-0.4, -0.2) is 31.2 Å². The van der Waals surface area contributed by atoms with E-state index < -0.39 is 14.9 Å². The standard InChI is InChI=1S/C12H18N2O4S/c1-12(2,3)9-13(4)19(17,18)11-7-5-6-10(8-11)14(15)16/h5-8H,9H2,1-4H3. The molecule has 1 rings (SSSR count). The van der Waals surface area contributed by atoms with Crippen LogP contribution in [0.5, 0.6) is 0 Å². The summed E-state index contributed by atoms with van der Waals surface area (Å²) in [5.41, 5.74) is -0.423. The summed E-state index contributed by atoms with van der Waals surface area (Å²) < 4.78 is 25.8. The van der Waals surface area contributed by atoms with Gasteiger partial charge in [0, 0.05) is 25.7 Å². The monoisotopic (exact) mass is 286 g/mol. The second-order valence-corrected chi connectivity index (χ2v) is 7.62. The average molecular weight is 286 g/mol. The van der Waals surface area contributed by atoms with Gasteiger partial charge in [-0.05, 0) is 11.5 Å². The predicted octanol–water partition coefficient (Wildman–Crippen LogP) is 2.26. The van der Waals surface area contributed by atoms with Gasteiger partial charge >= 0.3 is 0 Å². The number of non-ortho nitro benzene ring substituents is 1. The van der Waals surface area contributed by atoms with Crippen molar-refractivity contribution >= 4 is 15.7 Å². The van der Waals surface area contributed by atoms with Crippen LogP contribution in [0.25, 0.3) is 0 Å². The summed E-state index contributed by atoms with van der Waals surface area (Å²) >= 11 is 0. The van der Waals surface area contributed by atoms with Gasteiger partial charge in [0.25, 0.3) is 5.69 Å². The van der Waals surface area contributed by atoms with Crippen LogP contribution in [0.1, 0.15) is 20.8 Å². The van der Waals surface area contributed by atoms with Crippen LogP contribution >= 0.6 is 0 Å². The highest BCUT2D eigenvalue weighted by atomic mass is 32.2. The molecule has 19 heavy (non-hydrogen) atoms. The minimum absolute atomic E-state index is 0.0616. The highest BCUT2D eigenvalue weighted by molar-refractivity contribution is 7.89. The first-order valence-corrected chi connectivity index (χ1v) is 7.19. The molecule has 0 radical (unpaired) electrons. The number of hydrogen-bond donors (Lipinski definition) is 0. The third-order valence-electron chi connectivity index (χ3n) is 2.43. The number of nitrogens with zero attached hydrogens (tertiary/aromatic N) is 2. The number of nitro groups is 1. The lowest BCUT2D eigenvalue weighted by Gasteiger charge is -2.25. The Morgan fingerprint density at radius 1 is 1.32 bits per heavy atom. The van der Waals surface area contributed by atoms with Gasteiger partial charge in [0.15, 0.2) is 0 Å². The molecule has 0 aliphatic rings. The molecule has 0 aliphatic carbocycles. The van der Waals surface area contributed by atoms with Crippen LogP contribution in [-0.2, 0) is 10.0 Å². The van der Waals surface area contributed by atoms with Gasteiger partial charge in [-0.1, -0.05) is 26.8 Å². The maximum absolute atomic E-state index is 12.3. The lowest BCUT2D eigenvalue weighted by atomic mass is 9.97. The summed E-state index contributed by atoms with van der Waals surface area (Å²) in [6.07, 6.45) is 0. The molecular weight excluding hydrogens is 268 g/mol. The largest absolute Gasteiger partial charge is 0.270 e. The Hall–Kier alpha value is -1.47. The second kappa shape index (κ2) is 5.26. The van der Waals surface area contributed by atoms with E-state index in [1.165, 1.54) is 29.6 Å². The highest BCUT2D eigenvalue weighted by Crippen LogP contribution is 2.23. The molecule has 0 aromatic heterocycles. The van der Waals surface area contributed by atoms with Gasteiger partial charge in [-0.15, -0.1) is 0 Å². The molecule has 0 fully saturated rings. The molecule has 0 amide bonds. The fourth-order valence-electron chi connectivity index (χ4n) is 1.69. The molecule has 0 spiro atoms. The van der Waals surface area contributed by atoms with Crippen molar-refractivity contribution in [3.8, 4) is 0 Å². The van der Waals surface area contributed by atoms with Gasteiger partial charge in [0.2, 0.25) is 10.0 Å². The Kier molecular flexibility index (Phi) is 4.32. The molecule has 0 heterocycles. The predicted molar refractivity (Wildman–Crippen MR) is 72.4 cm³/mol.